The van der Waals surface area contributed by atoms with E-state index in [1.807, 2.05) is 31.3 Å². The third-order valence-electron chi connectivity index (χ3n) is 2.37. The maximum atomic E-state index is 5.99. The quantitative estimate of drug-likeness (QED) is 0.912. The van der Waals surface area contributed by atoms with E-state index in [2.05, 4.69) is 15.3 Å². The highest BCUT2D eigenvalue weighted by molar-refractivity contribution is 6.31. The third-order valence-corrected chi connectivity index (χ3v) is 2.63. The Bertz CT molecular complexity index is 563. The van der Waals surface area contributed by atoms with Gasteiger partial charge in [0.25, 0.3) is 0 Å². The number of ether oxygens (including phenoxy) is 2. The zero-order valence-electron chi connectivity index (χ0n) is 10.7. The summed E-state index contributed by atoms with van der Waals surface area (Å²) < 4.78 is 10.6. The van der Waals surface area contributed by atoms with Gasteiger partial charge in [-0.15, -0.1) is 0 Å². The molecule has 0 spiro atoms. The van der Waals surface area contributed by atoms with Gasteiger partial charge in [0, 0.05) is 6.54 Å². The Morgan fingerprint density at radius 3 is 2.95 bits per heavy atom. The highest BCUT2D eigenvalue weighted by Gasteiger charge is 2.08. The molecule has 6 heteroatoms. The first-order chi connectivity index (χ1) is 9.22. The Labute approximate surface area is 116 Å². The molecular formula is C13H14ClN3O2. The molecule has 1 aromatic carbocycles. The summed E-state index contributed by atoms with van der Waals surface area (Å²) in [5, 5.41) is 3.41. The maximum absolute atomic E-state index is 5.99. The van der Waals surface area contributed by atoms with Crippen LogP contribution >= 0.6 is 11.6 Å². The number of aromatic nitrogens is 2. The number of nitrogens with one attached hydrogen (secondary N) is 1. The standard InChI is InChI=1S/C13H14ClN3O2/c1-15-7-9-4-3-5-10(6-9)19-12-11(14)8-16-13(17-12)18-2/h3-6,8,15H,7H2,1-2H3. The molecule has 0 radical (unpaired) electrons. The van der Waals surface area contributed by atoms with E-state index in [1.54, 1.807) is 0 Å². The maximum Gasteiger partial charge on any atom is 0.319 e. The van der Waals surface area contributed by atoms with E-state index in [1.165, 1.54) is 13.3 Å². The molecule has 0 fully saturated rings. The molecule has 19 heavy (non-hydrogen) atoms. The van der Waals surface area contributed by atoms with E-state index in [0.29, 0.717) is 10.8 Å². The lowest BCUT2D eigenvalue weighted by Gasteiger charge is -2.08. The van der Waals surface area contributed by atoms with E-state index in [-0.39, 0.29) is 11.9 Å². The van der Waals surface area contributed by atoms with Crippen LogP contribution in [0.4, 0.5) is 0 Å². The van der Waals surface area contributed by atoms with Crippen LogP contribution in [0.15, 0.2) is 30.5 Å². The Kier molecular flexibility index (Phi) is 4.54. The van der Waals surface area contributed by atoms with E-state index in [4.69, 9.17) is 21.1 Å². The molecule has 0 unspecified atom stereocenters. The lowest BCUT2D eigenvalue weighted by Crippen LogP contribution is -2.04. The molecular weight excluding hydrogens is 266 g/mol. The number of hydrogen-bond donors (Lipinski definition) is 1. The molecule has 0 aliphatic rings. The van der Waals surface area contributed by atoms with Gasteiger partial charge in [0.1, 0.15) is 10.8 Å². The second-order valence-corrected chi connectivity index (χ2v) is 4.20. The van der Waals surface area contributed by atoms with Crippen LogP contribution in [0.5, 0.6) is 17.6 Å². The van der Waals surface area contributed by atoms with Crippen LogP contribution in [0.1, 0.15) is 5.56 Å². The predicted molar refractivity (Wildman–Crippen MR) is 72.9 cm³/mol. The molecule has 2 aromatic rings. The highest BCUT2D eigenvalue weighted by atomic mass is 35.5. The van der Waals surface area contributed by atoms with Gasteiger partial charge in [-0.1, -0.05) is 23.7 Å². The fourth-order valence-electron chi connectivity index (χ4n) is 1.54. The molecule has 5 nitrogen and oxygen atoms in total. The summed E-state index contributed by atoms with van der Waals surface area (Å²) in [7, 11) is 3.38. The van der Waals surface area contributed by atoms with E-state index in [9.17, 15) is 0 Å². The average Bonchev–Trinajstić information content (AvgIpc) is 2.42. The predicted octanol–water partition coefficient (Wildman–Crippen LogP) is 2.65. The van der Waals surface area contributed by atoms with Crippen LogP contribution in [0.25, 0.3) is 0 Å². The number of benzene rings is 1. The van der Waals surface area contributed by atoms with E-state index < -0.39 is 0 Å². The first-order valence-electron chi connectivity index (χ1n) is 5.71. The van der Waals surface area contributed by atoms with Crippen molar-refractivity contribution in [2.24, 2.45) is 0 Å². The lowest BCUT2D eigenvalue weighted by molar-refractivity contribution is 0.366. The Morgan fingerprint density at radius 2 is 2.21 bits per heavy atom. The highest BCUT2D eigenvalue weighted by Crippen LogP contribution is 2.28. The van der Waals surface area contributed by atoms with E-state index >= 15 is 0 Å². The topological polar surface area (TPSA) is 56.3 Å². The van der Waals surface area contributed by atoms with Gasteiger partial charge >= 0.3 is 6.01 Å². The minimum atomic E-state index is 0.214. The Morgan fingerprint density at radius 1 is 1.37 bits per heavy atom. The van der Waals surface area contributed by atoms with Gasteiger partial charge in [-0.25, -0.2) is 4.98 Å². The van der Waals surface area contributed by atoms with Crippen LogP contribution in [0.2, 0.25) is 5.02 Å². The summed E-state index contributed by atoms with van der Waals surface area (Å²) >= 11 is 5.99. The number of methoxy groups -OCH3 is 1. The summed E-state index contributed by atoms with van der Waals surface area (Å²) in [5.74, 6) is 0.936. The molecule has 1 heterocycles. The zero-order valence-corrected chi connectivity index (χ0v) is 11.4. The van der Waals surface area contributed by atoms with Crippen molar-refractivity contribution in [1.82, 2.24) is 15.3 Å². The lowest BCUT2D eigenvalue weighted by atomic mass is 10.2. The second kappa shape index (κ2) is 6.36. The molecule has 0 aliphatic carbocycles. The molecule has 0 amide bonds. The molecule has 1 aromatic heterocycles. The summed E-state index contributed by atoms with van der Waals surface area (Å²) in [6.07, 6.45) is 1.44. The second-order valence-electron chi connectivity index (χ2n) is 3.79. The van der Waals surface area contributed by atoms with E-state index in [0.717, 1.165) is 12.1 Å². The van der Waals surface area contributed by atoms with Gasteiger partial charge in [0.2, 0.25) is 5.88 Å². The molecule has 0 atom stereocenters. The largest absolute Gasteiger partial charge is 0.467 e. The number of nitrogens with zero attached hydrogens (tertiary/aromatic N) is 2. The smallest absolute Gasteiger partial charge is 0.319 e. The number of rotatable bonds is 5. The summed E-state index contributed by atoms with van der Waals surface area (Å²) in [5.41, 5.74) is 1.11. The van der Waals surface area contributed by atoms with Gasteiger partial charge in [0.05, 0.1) is 13.3 Å². The van der Waals surface area contributed by atoms with Gasteiger partial charge in [0.15, 0.2) is 0 Å². The summed E-state index contributed by atoms with van der Waals surface area (Å²) in [6.45, 7) is 0.762. The molecule has 0 aliphatic heterocycles. The number of halogens is 1. The summed E-state index contributed by atoms with van der Waals surface area (Å²) in [4.78, 5) is 7.95. The van der Waals surface area contributed by atoms with Gasteiger partial charge in [-0.2, -0.15) is 4.98 Å². The van der Waals surface area contributed by atoms with Crippen molar-refractivity contribution in [3.05, 3.63) is 41.0 Å². The van der Waals surface area contributed by atoms with Crippen LogP contribution in [-0.4, -0.2) is 24.1 Å². The monoisotopic (exact) mass is 279 g/mol. The Hall–Kier alpha value is -1.85. The van der Waals surface area contributed by atoms with Crippen molar-refractivity contribution in [1.29, 1.82) is 0 Å². The van der Waals surface area contributed by atoms with Crippen molar-refractivity contribution in [3.63, 3.8) is 0 Å². The summed E-state index contributed by atoms with van der Waals surface area (Å²) in [6, 6.07) is 7.89. The van der Waals surface area contributed by atoms with Crippen LogP contribution in [0.3, 0.4) is 0 Å². The molecule has 1 N–H and O–H groups in total. The first-order valence-corrected chi connectivity index (χ1v) is 6.08. The third kappa shape index (κ3) is 3.56. The van der Waals surface area contributed by atoms with Crippen molar-refractivity contribution in [3.8, 4) is 17.6 Å². The Balaban J connectivity index is 2.22. The van der Waals surface area contributed by atoms with Crippen molar-refractivity contribution in [2.75, 3.05) is 14.2 Å². The van der Waals surface area contributed by atoms with Crippen LogP contribution < -0.4 is 14.8 Å². The van der Waals surface area contributed by atoms with Crippen molar-refractivity contribution >= 4 is 11.6 Å². The zero-order chi connectivity index (χ0) is 13.7. The van der Waals surface area contributed by atoms with Crippen LogP contribution in [-0.2, 0) is 6.54 Å². The molecule has 0 saturated heterocycles. The molecule has 0 saturated carbocycles. The minimum Gasteiger partial charge on any atom is -0.467 e. The van der Waals surface area contributed by atoms with Crippen LogP contribution in [0, 0.1) is 0 Å². The van der Waals surface area contributed by atoms with Crippen molar-refractivity contribution in [2.45, 2.75) is 6.54 Å². The molecule has 0 bridgehead atoms. The fraction of sp³-hybridized carbons (Fsp3) is 0.231. The van der Waals surface area contributed by atoms with Gasteiger partial charge in [-0.3, -0.25) is 0 Å². The fourth-order valence-corrected chi connectivity index (χ4v) is 1.67. The van der Waals surface area contributed by atoms with Gasteiger partial charge in [-0.05, 0) is 24.7 Å². The molecule has 2 rings (SSSR count). The first kappa shape index (κ1) is 13.6. The SMILES string of the molecule is CNCc1cccc(Oc2nc(OC)ncc2Cl)c1. The normalized spacial score (nSPS) is 10.3. The number of hydrogen-bond acceptors (Lipinski definition) is 5. The van der Waals surface area contributed by atoms with Crippen molar-refractivity contribution < 1.29 is 9.47 Å². The average molecular weight is 280 g/mol. The molecule has 100 valence electrons. The minimum absolute atomic E-state index is 0.214. The van der Waals surface area contributed by atoms with Gasteiger partial charge < -0.3 is 14.8 Å².